The molecule has 0 aromatic carbocycles. The topological polar surface area (TPSA) is 38.5 Å². The summed E-state index contributed by atoms with van der Waals surface area (Å²) in [6.45, 7) is 6.60. The van der Waals surface area contributed by atoms with Gasteiger partial charge in [0.25, 0.3) is 0 Å². The highest BCUT2D eigenvalue weighted by Gasteiger charge is 2.36. The lowest BCUT2D eigenvalue weighted by atomic mass is 9.76. The van der Waals surface area contributed by atoms with Crippen molar-refractivity contribution in [2.24, 2.45) is 23.5 Å². The summed E-state index contributed by atoms with van der Waals surface area (Å²) in [5, 5.41) is 0. The Balaban J connectivity index is 1.91. The Kier molecular flexibility index (Phi) is 6.11. The molecule has 0 bridgehead atoms. The Hall–Kier alpha value is -0.120. The molecule has 1 saturated carbocycles. The van der Waals surface area contributed by atoms with E-state index < -0.39 is 0 Å². The number of rotatable bonds is 6. The first kappa shape index (κ1) is 15.3. The smallest absolute Gasteiger partial charge is 0.0503 e. The van der Waals surface area contributed by atoms with E-state index in [0.29, 0.717) is 0 Å². The summed E-state index contributed by atoms with van der Waals surface area (Å²) in [7, 11) is 1.82. The number of likely N-dealkylation sites (tertiary alicyclic amines) is 1. The van der Waals surface area contributed by atoms with Gasteiger partial charge in [-0.15, -0.1) is 0 Å². The molecule has 0 aromatic heterocycles. The van der Waals surface area contributed by atoms with Crippen molar-refractivity contribution in [2.75, 3.05) is 33.4 Å². The number of methoxy groups -OCH3 is 1. The molecule has 0 amide bonds. The van der Waals surface area contributed by atoms with Crippen LogP contribution < -0.4 is 5.73 Å². The van der Waals surface area contributed by atoms with Gasteiger partial charge in [0.1, 0.15) is 0 Å². The van der Waals surface area contributed by atoms with Crippen molar-refractivity contribution in [1.82, 2.24) is 4.90 Å². The minimum absolute atomic E-state index is 0.731. The number of nitrogens with zero attached hydrogens (tertiary/aromatic N) is 1. The van der Waals surface area contributed by atoms with Crippen LogP contribution in [0.4, 0.5) is 0 Å². The molecule has 0 radical (unpaired) electrons. The number of hydrogen-bond acceptors (Lipinski definition) is 3. The van der Waals surface area contributed by atoms with Crippen LogP contribution in [0, 0.1) is 17.8 Å². The van der Waals surface area contributed by atoms with Crippen LogP contribution >= 0.6 is 0 Å². The molecule has 2 N–H and O–H groups in total. The van der Waals surface area contributed by atoms with Crippen molar-refractivity contribution in [1.29, 1.82) is 0 Å². The Labute approximate surface area is 118 Å². The van der Waals surface area contributed by atoms with E-state index in [1.807, 2.05) is 7.11 Å². The highest BCUT2D eigenvalue weighted by molar-refractivity contribution is 4.90. The van der Waals surface area contributed by atoms with Crippen molar-refractivity contribution in [2.45, 2.75) is 51.5 Å². The van der Waals surface area contributed by atoms with E-state index in [0.717, 1.165) is 36.9 Å². The van der Waals surface area contributed by atoms with Crippen LogP contribution in [-0.2, 0) is 4.74 Å². The van der Waals surface area contributed by atoms with E-state index in [-0.39, 0.29) is 0 Å². The molecule has 0 aromatic rings. The average Bonchev–Trinajstić information content (AvgIpc) is 2.88. The van der Waals surface area contributed by atoms with Gasteiger partial charge in [-0.3, -0.25) is 4.90 Å². The van der Waals surface area contributed by atoms with Crippen molar-refractivity contribution < 1.29 is 4.74 Å². The van der Waals surface area contributed by atoms with Gasteiger partial charge in [-0.1, -0.05) is 26.2 Å². The summed E-state index contributed by atoms with van der Waals surface area (Å²) in [5.74, 6) is 2.42. The van der Waals surface area contributed by atoms with Gasteiger partial charge in [0.2, 0.25) is 0 Å². The summed E-state index contributed by atoms with van der Waals surface area (Å²) < 4.78 is 5.32. The average molecular weight is 268 g/mol. The molecule has 1 aliphatic heterocycles. The fourth-order valence-corrected chi connectivity index (χ4v) is 4.22. The second-order valence-corrected chi connectivity index (χ2v) is 6.64. The fourth-order valence-electron chi connectivity index (χ4n) is 4.22. The maximum atomic E-state index is 6.02. The van der Waals surface area contributed by atoms with Crippen LogP contribution in [0.15, 0.2) is 0 Å². The second-order valence-electron chi connectivity index (χ2n) is 6.64. The molecule has 2 fully saturated rings. The zero-order valence-electron chi connectivity index (χ0n) is 12.8. The third-order valence-corrected chi connectivity index (χ3v) is 5.25. The molecule has 1 saturated heterocycles. The molecule has 2 aliphatic rings. The van der Waals surface area contributed by atoms with E-state index in [9.17, 15) is 0 Å². The number of nitrogens with two attached hydrogens (primary N) is 1. The second kappa shape index (κ2) is 7.61. The van der Waals surface area contributed by atoms with Crippen molar-refractivity contribution in [3.63, 3.8) is 0 Å². The lowest BCUT2D eigenvalue weighted by Crippen LogP contribution is -2.46. The molecular weight excluding hydrogens is 236 g/mol. The zero-order valence-corrected chi connectivity index (χ0v) is 12.8. The molecule has 112 valence electrons. The summed E-state index contributed by atoms with van der Waals surface area (Å²) in [4.78, 5) is 2.73. The fraction of sp³-hybridized carbons (Fsp3) is 1.00. The van der Waals surface area contributed by atoms with Crippen LogP contribution in [0.1, 0.15) is 45.4 Å². The van der Waals surface area contributed by atoms with Gasteiger partial charge in [0, 0.05) is 19.7 Å². The van der Waals surface area contributed by atoms with Crippen LogP contribution in [0.2, 0.25) is 0 Å². The van der Waals surface area contributed by atoms with E-state index in [1.54, 1.807) is 0 Å². The van der Waals surface area contributed by atoms with Crippen molar-refractivity contribution in [3.8, 4) is 0 Å². The van der Waals surface area contributed by atoms with Gasteiger partial charge in [0.15, 0.2) is 0 Å². The molecular formula is C16H32N2O. The summed E-state index contributed by atoms with van der Waals surface area (Å²) in [5.41, 5.74) is 6.02. The third kappa shape index (κ3) is 3.93. The van der Waals surface area contributed by atoms with Gasteiger partial charge >= 0.3 is 0 Å². The van der Waals surface area contributed by atoms with Crippen LogP contribution in [0.25, 0.3) is 0 Å². The standard InChI is InChI=1S/C16H32N2O/c1-3-4-13-5-6-15(10-17)16(9-13)18-8-7-14(11-18)12-19-2/h13-16H,3-12,17H2,1-2H3. The lowest BCUT2D eigenvalue weighted by molar-refractivity contribution is 0.0877. The first-order valence-electron chi connectivity index (χ1n) is 8.21. The van der Waals surface area contributed by atoms with E-state index >= 15 is 0 Å². The lowest BCUT2D eigenvalue weighted by Gasteiger charge is -2.41. The largest absolute Gasteiger partial charge is 0.384 e. The summed E-state index contributed by atoms with van der Waals surface area (Å²) >= 11 is 0. The first-order valence-corrected chi connectivity index (χ1v) is 8.21. The van der Waals surface area contributed by atoms with Crippen molar-refractivity contribution in [3.05, 3.63) is 0 Å². The van der Waals surface area contributed by atoms with E-state index in [2.05, 4.69) is 11.8 Å². The monoisotopic (exact) mass is 268 g/mol. The first-order chi connectivity index (χ1) is 9.28. The Morgan fingerprint density at radius 3 is 2.74 bits per heavy atom. The van der Waals surface area contributed by atoms with Gasteiger partial charge in [-0.05, 0) is 50.1 Å². The minimum atomic E-state index is 0.731. The molecule has 4 atom stereocenters. The SMILES string of the molecule is CCCC1CCC(CN)C(N2CCC(COC)C2)C1. The third-order valence-electron chi connectivity index (χ3n) is 5.25. The quantitative estimate of drug-likeness (QED) is 0.804. The van der Waals surface area contributed by atoms with Crippen LogP contribution in [-0.4, -0.2) is 44.3 Å². The Bertz CT molecular complexity index is 259. The highest BCUT2D eigenvalue weighted by atomic mass is 16.5. The Morgan fingerprint density at radius 1 is 1.21 bits per heavy atom. The molecule has 3 heteroatoms. The number of ether oxygens (including phenoxy) is 1. The van der Waals surface area contributed by atoms with E-state index in [4.69, 9.17) is 10.5 Å². The predicted octanol–water partition coefficient (Wildman–Crippen LogP) is 2.50. The molecule has 3 nitrogen and oxygen atoms in total. The molecule has 19 heavy (non-hydrogen) atoms. The maximum Gasteiger partial charge on any atom is 0.0503 e. The van der Waals surface area contributed by atoms with Gasteiger partial charge in [0.05, 0.1) is 6.61 Å². The predicted molar refractivity (Wildman–Crippen MR) is 80.1 cm³/mol. The van der Waals surface area contributed by atoms with Gasteiger partial charge in [-0.2, -0.15) is 0 Å². The normalized spacial score (nSPS) is 36.8. The van der Waals surface area contributed by atoms with Crippen LogP contribution in [0.5, 0.6) is 0 Å². The highest BCUT2D eigenvalue weighted by Crippen LogP contribution is 2.36. The molecule has 1 heterocycles. The molecule has 2 rings (SSSR count). The maximum absolute atomic E-state index is 6.02. The molecule has 4 unspecified atom stereocenters. The summed E-state index contributed by atoms with van der Waals surface area (Å²) in [6, 6.07) is 0.747. The molecule has 0 spiro atoms. The van der Waals surface area contributed by atoms with Gasteiger partial charge < -0.3 is 10.5 Å². The summed E-state index contributed by atoms with van der Waals surface area (Å²) in [6.07, 6.45) is 8.18. The zero-order chi connectivity index (χ0) is 13.7. The number of hydrogen-bond donors (Lipinski definition) is 1. The Morgan fingerprint density at radius 2 is 2.05 bits per heavy atom. The molecule has 1 aliphatic carbocycles. The van der Waals surface area contributed by atoms with E-state index in [1.165, 1.54) is 51.6 Å². The van der Waals surface area contributed by atoms with Crippen molar-refractivity contribution >= 4 is 0 Å². The van der Waals surface area contributed by atoms with Crippen LogP contribution in [0.3, 0.4) is 0 Å². The van der Waals surface area contributed by atoms with Gasteiger partial charge in [-0.25, -0.2) is 0 Å². The minimum Gasteiger partial charge on any atom is -0.384 e.